The lowest BCUT2D eigenvalue weighted by Gasteiger charge is -2.45. The summed E-state index contributed by atoms with van der Waals surface area (Å²) in [4.78, 5) is 26.4. The minimum absolute atomic E-state index is 0.0346. The van der Waals surface area contributed by atoms with Crippen LogP contribution in [0, 0.1) is 11.8 Å². The third-order valence-electron chi connectivity index (χ3n) is 5.30. The Labute approximate surface area is 143 Å². The van der Waals surface area contributed by atoms with Gasteiger partial charge < -0.3 is 20.0 Å². The first-order chi connectivity index (χ1) is 11.6. The van der Waals surface area contributed by atoms with Crippen LogP contribution in [-0.2, 0) is 11.3 Å². The summed E-state index contributed by atoms with van der Waals surface area (Å²) in [5.41, 5.74) is 0. The average molecular weight is 333 g/mol. The molecule has 24 heavy (non-hydrogen) atoms. The first-order valence-corrected chi connectivity index (χ1v) is 8.97. The highest BCUT2D eigenvalue weighted by atomic mass is 16.3. The molecule has 1 saturated carbocycles. The molecule has 2 aliphatic rings. The number of likely N-dealkylation sites (tertiary alicyclic amines) is 1. The van der Waals surface area contributed by atoms with Gasteiger partial charge in [0.15, 0.2) is 0 Å². The topological polar surface area (TPSA) is 74.6 Å². The predicted octanol–water partition coefficient (Wildman–Crippen LogP) is 2.51. The maximum Gasteiger partial charge on any atom is 0.315 e. The normalized spacial score (nSPS) is 26.5. The lowest BCUT2D eigenvalue weighted by molar-refractivity contribution is -0.136. The molecule has 1 saturated heterocycles. The molecular weight excluding hydrogens is 306 g/mol. The quantitative estimate of drug-likeness (QED) is 0.889. The maximum absolute atomic E-state index is 12.5. The van der Waals surface area contributed by atoms with Crippen LogP contribution in [-0.4, -0.2) is 36.0 Å². The van der Waals surface area contributed by atoms with Crippen LogP contribution in [0.3, 0.4) is 0 Å². The number of furan rings is 1. The number of amides is 3. The van der Waals surface area contributed by atoms with E-state index in [1.54, 1.807) is 18.4 Å². The lowest BCUT2D eigenvalue weighted by Crippen LogP contribution is -2.53. The molecule has 1 aromatic heterocycles. The molecule has 1 aliphatic heterocycles. The van der Waals surface area contributed by atoms with Crippen LogP contribution >= 0.6 is 0 Å². The summed E-state index contributed by atoms with van der Waals surface area (Å²) in [5, 5.41) is 5.35. The van der Waals surface area contributed by atoms with Crippen LogP contribution in [0.15, 0.2) is 22.8 Å². The number of rotatable bonds is 4. The van der Waals surface area contributed by atoms with Crippen LogP contribution in [0.1, 0.15) is 44.8 Å². The SMILES string of the molecule is C[C@@H]1CC[C@@H]2[C@H](CCCN2C(=O)CNC(=O)NCc2ccco2)C1. The Morgan fingerprint density at radius 3 is 2.96 bits per heavy atom. The van der Waals surface area contributed by atoms with E-state index in [0.29, 0.717) is 24.3 Å². The number of hydrogen-bond acceptors (Lipinski definition) is 3. The van der Waals surface area contributed by atoms with E-state index in [4.69, 9.17) is 4.42 Å². The van der Waals surface area contributed by atoms with E-state index in [2.05, 4.69) is 17.6 Å². The Balaban J connectivity index is 1.44. The molecule has 3 rings (SSSR count). The number of fused-ring (bicyclic) bond motifs is 1. The standard InChI is InChI=1S/C18H27N3O3/c1-13-6-7-16-14(10-13)4-2-8-21(16)17(22)12-20-18(23)19-11-15-5-3-9-24-15/h3,5,9,13-14,16H,2,4,6-8,10-12H2,1H3,(H2,19,20,23)/t13-,14-,16-/m1/s1. The maximum atomic E-state index is 12.5. The molecule has 0 unspecified atom stereocenters. The third-order valence-corrected chi connectivity index (χ3v) is 5.30. The van der Waals surface area contributed by atoms with Crippen LogP contribution in [0.4, 0.5) is 4.79 Å². The molecule has 0 radical (unpaired) electrons. The molecule has 132 valence electrons. The largest absolute Gasteiger partial charge is 0.467 e. The number of carbonyl (C=O) groups excluding carboxylic acids is 2. The fourth-order valence-corrected chi connectivity index (χ4v) is 4.10. The van der Waals surface area contributed by atoms with Gasteiger partial charge in [0.2, 0.25) is 5.91 Å². The summed E-state index contributed by atoms with van der Waals surface area (Å²) >= 11 is 0. The van der Waals surface area contributed by atoms with Gasteiger partial charge in [0.1, 0.15) is 5.76 Å². The molecular formula is C18H27N3O3. The highest BCUT2D eigenvalue weighted by Gasteiger charge is 2.37. The van der Waals surface area contributed by atoms with Crippen LogP contribution < -0.4 is 10.6 Å². The van der Waals surface area contributed by atoms with Crippen molar-refractivity contribution in [2.24, 2.45) is 11.8 Å². The summed E-state index contributed by atoms with van der Waals surface area (Å²) in [7, 11) is 0. The van der Waals surface area contributed by atoms with Gasteiger partial charge in [-0.1, -0.05) is 6.92 Å². The molecule has 0 bridgehead atoms. The van der Waals surface area contributed by atoms with Crippen molar-refractivity contribution in [3.8, 4) is 0 Å². The monoisotopic (exact) mass is 333 g/mol. The first kappa shape index (κ1) is 16.9. The first-order valence-electron chi connectivity index (χ1n) is 8.97. The summed E-state index contributed by atoms with van der Waals surface area (Å²) < 4.78 is 5.15. The summed E-state index contributed by atoms with van der Waals surface area (Å²) in [5.74, 6) is 2.13. The van der Waals surface area contributed by atoms with Gasteiger partial charge in [-0.2, -0.15) is 0 Å². The molecule has 3 amide bonds. The van der Waals surface area contributed by atoms with E-state index >= 15 is 0 Å². The van der Waals surface area contributed by atoms with E-state index in [0.717, 1.165) is 25.3 Å². The number of nitrogens with zero attached hydrogens (tertiary/aromatic N) is 1. The van der Waals surface area contributed by atoms with Crippen molar-refractivity contribution in [2.45, 2.75) is 51.6 Å². The molecule has 0 aromatic carbocycles. The summed E-state index contributed by atoms with van der Waals surface area (Å²) in [6.45, 7) is 3.51. The molecule has 2 heterocycles. The van der Waals surface area contributed by atoms with Gasteiger partial charge in [0, 0.05) is 12.6 Å². The average Bonchev–Trinajstić information content (AvgIpc) is 3.10. The highest BCUT2D eigenvalue weighted by molar-refractivity contribution is 5.84. The van der Waals surface area contributed by atoms with E-state index in [1.165, 1.54) is 19.3 Å². The van der Waals surface area contributed by atoms with E-state index in [-0.39, 0.29) is 18.5 Å². The van der Waals surface area contributed by atoms with Gasteiger partial charge >= 0.3 is 6.03 Å². The molecule has 2 N–H and O–H groups in total. The van der Waals surface area contributed by atoms with Crippen LogP contribution in [0.5, 0.6) is 0 Å². The zero-order valence-electron chi connectivity index (χ0n) is 14.3. The van der Waals surface area contributed by atoms with Gasteiger partial charge in [0.05, 0.1) is 19.4 Å². The third kappa shape index (κ3) is 4.10. The fourth-order valence-electron chi connectivity index (χ4n) is 4.10. The second-order valence-corrected chi connectivity index (χ2v) is 7.09. The van der Waals surface area contributed by atoms with Gasteiger partial charge in [-0.3, -0.25) is 4.79 Å². The van der Waals surface area contributed by atoms with Crippen LogP contribution in [0.2, 0.25) is 0 Å². The van der Waals surface area contributed by atoms with Gasteiger partial charge in [-0.05, 0) is 56.1 Å². The molecule has 6 nitrogen and oxygen atoms in total. The van der Waals surface area contributed by atoms with E-state index in [9.17, 15) is 9.59 Å². The molecule has 0 spiro atoms. The van der Waals surface area contributed by atoms with Gasteiger partial charge in [-0.15, -0.1) is 0 Å². The Hall–Kier alpha value is -1.98. The van der Waals surface area contributed by atoms with Crippen molar-refractivity contribution in [2.75, 3.05) is 13.1 Å². The van der Waals surface area contributed by atoms with Gasteiger partial charge in [0.25, 0.3) is 0 Å². The minimum atomic E-state index is -0.342. The number of hydrogen-bond donors (Lipinski definition) is 2. The second kappa shape index (κ2) is 7.73. The zero-order valence-corrected chi connectivity index (χ0v) is 14.3. The second-order valence-electron chi connectivity index (χ2n) is 7.09. The van der Waals surface area contributed by atoms with Crippen LogP contribution in [0.25, 0.3) is 0 Å². The van der Waals surface area contributed by atoms with Crippen molar-refractivity contribution < 1.29 is 14.0 Å². The lowest BCUT2D eigenvalue weighted by atomic mass is 9.74. The molecule has 6 heteroatoms. The minimum Gasteiger partial charge on any atom is -0.467 e. The van der Waals surface area contributed by atoms with E-state index < -0.39 is 0 Å². The zero-order chi connectivity index (χ0) is 16.9. The van der Waals surface area contributed by atoms with Crippen molar-refractivity contribution in [3.05, 3.63) is 24.2 Å². The summed E-state index contributed by atoms with van der Waals surface area (Å²) in [6, 6.07) is 3.60. The Morgan fingerprint density at radius 1 is 1.29 bits per heavy atom. The molecule has 1 aromatic rings. The molecule has 1 aliphatic carbocycles. The highest BCUT2D eigenvalue weighted by Crippen LogP contribution is 2.37. The molecule has 2 fully saturated rings. The Kier molecular flexibility index (Phi) is 5.43. The van der Waals surface area contributed by atoms with Crippen molar-refractivity contribution >= 4 is 11.9 Å². The summed E-state index contributed by atoms with van der Waals surface area (Å²) in [6.07, 6.45) is 7.40. The molecule has 3 atom stereocenters. The number of nitrogens with one attached hydrogen (secondary N) is 2. The number of piperidine rings is 1. The number of carbonyl (C=O) groups is 2. The van der Waals surface area contributed by atoms with E-state index in [1.807, 2.05) is 4.90 Å². The van der Waals surface area contributed by atoms with Crippen molar-refractivity contribution in [3.63, 3.8) is 0 Å². The van der Waals surface area contributed by atoms with Crippen molar-refractivity contribution in [1.29, 1.82) is 0 Å². The Bertz CT molecular complexity index is 558. The number of urea groups is 1. The fraction of sp³-hybridized carbons (Fsp3) is 0.667. The van der Waals surface area contributed by atoms with Gasteiger partial charge in [-0.25, -0.2) is 4.79 Å². The van der Waals surface area contributed by atoms with Crippen molar-refractivity contribution in [1.82, 2.24) is 15.5 Å². The Morgan fingerprint density at radius 2 is 2.17 bits per heavy atom. The smallest absolute Gasteiger partial charge is 0.315 e. The predicted molar refractivity (Wildman–Crippen MR) is 90.2 cm³/mol.